The second kappa shape index (κ2) is 7.46. The molecule has 2 N–H and O–H groups in total. The van der Waals surface area contributed by atoms with Crippen LogP contribution in [0.4, 0.5) is 16.5 Å². The lowest BCUT2D eigenvalue weighted by atomic mass is 9.69. The second-order valence-corrected chi connectivity index (χ2v) is 9.76. The molecule has 1 aromatic heterocycles. The average molecular weight is 428 g/mol. The third-order valence-corrected chi connectivity index (χ3v) is 7.92. The molecule has 9 heteroatoms. The number of hydrogen-bond donors (Lipinski definition) is 2. The minimum Gasteiger partial charge on any atom is -0.321 e. The van der Waals surface area contributed by atoms with Crippen molar-refractivity contribution < 1.29 is 9.72 Å². The van der Waals surface area contributed by atoms with E-state index in [2.05, 4.69) is 41.6 Å². The number of benzene rings is 1. The summed E-state index contributed by atoms with van der Waals surface area (Å²) < 4.78 is 0. The summed E-state index contributed by atoms with van der Waals surface area (Å²) in [7, 11) is 0. The van der Waals surface area contributed by atoms with Gasteiger partial charge in [0.2, 0.25) is 5.13 Å². The van der Waals surface area contributed by atoms with Crippen LogP contribution in [0.3, 0.4) is 0 Å². The van der Waals surface area contributed by atoms with Crippen molar-refractivity contribution in [2.75, 3.05) is 10.7 Å². The summed E-state index contributed by atoms with van der Waals surface area (Å²) in [5.41, 5.74) is 5.49. The lowest BCUT2D eigenvalue weighted by Gasteiger charge is -2.36. The maximum absolute atomic E-state index is 12.6. The molecular weight excluding hydrogens is 402 g/mol. The van der Waals surface area contributed by atoms with Crippen molar-refractivity contribution in [2.24, 2.45) is 28.3 Å². The van der Waals surface area contributed by atoms with Crippen LogP contribution in [-0.4, -0.2) is 21.5 Å². The van der Waals surface area contributed by atoms with Gasteiger partial charge in [-0.2, -0.15) is 5.10 Å². The van der Waals surface area contributed by atoms with Gasteiger partial charge in [-0.3, -0.25) is 20.3 Å². The molecule has 2 aliphatic carbocycles. The molecule has 30 heavy (non-hydrogen) atoms. The summed E-state index contributed by atoms with van der Waals surface area (Å²) in [5.74, 6) is 1.44. The van der Waals surface area contributed by atoms with Crippen molar-refractivity contribution in [3.8, 4) is 0 Å². The van der Waals surface area contributed by atoms with Gasteiger partial charge in [0.05, 0.1) is 10.6 Å². The number of nitro groups is 1. The number of aromatic nitrogens is 1. The normalized spacial score (nSPS) is 25.5. The number of fused-ring (bicyclic) bond motifs is 2. The summed E-state index contributed by atoms with van der Waals surface area (Å²) in [6.45, 7) is 8.77. The van der Waals surface area contributed by atoms with E-state index in [0.29, 0.717) is 44.6 Å². The molecule has 0 unspecified atom stereocenters. The van der Waals surface area contributed by atoms with Gasteiger partial charge in [-0.1, -0.05) is 38.2 Å². The van der Waals surface area contributed by atoms with E-state index in [-0.39, 0.29) is 11.6 Å². The lowest BCUT2D eigenvalue weighted by molar-refractivity contribution is -0.384. The van der Waals surface area contributed by atoms with Crippen LogP contribution < -0.4 is 10.7 Å². The molecule has 2 aliphatic rings. The van der Waals surface area contributed by atoms with Crippen LogP contribution in [0.15, 0.2) is 29.4 Å². The Morgan fingerprint density at radius 2 is 2.17 bits per heavy atom. The molecule has 2 fully saturated rings. The molecule has 2 aromatic rings. The summed E-state index contributed by atoms with van der Waals surface area (Å²) in [6, 6.07) is 5.86. The Hall–Kier alpha value is -2.81. The van der Waals surface area contributed by atoms with E-state index < -0.39 is 4.92 Å². The van der Waals surface area contributed by atoms with Gasteiger partial charge in [0.1, 0.15) is 4.88 Å². The first-order chi connectivity index (χ1) is 14.2. The van der Waals surface area contributed by atoms with Crippen molar-refractivity contribution >= 4 is 39.5 Å². The number of rotatable bonds is 5. The third kappa shape index (κ3) is 3.58. The van der Waals surface area contributed by atoms with Crippen molar-refractivity contribution in [3.63, 3.8) is 0 Å². The predicted octanol–water partition coefficient (Wildman–Crippen LogP) is 5.08. The third-order valence-electron chi connectivity index (χ3n) is 6.86. The number of nitro benzene ring substituents is 1. The molecule has 4 rings (SSSR count). The quantitative estimate of drug-likeness (QED) is 0.511. The summed E-state index contributed by atoms with van der Waals surface area (Å²) in [4.78, 5) is 27.9. The lowest BCUT2D eigenvalue weighted by Crippen LogP contribution is -2.33. The Kier molecular flexibility index (Phi) is 5.09. The van der Waals surface area contributed by atoms with E-state index >= 15 is 0 Å². The molecule has 0 saturated heterocycles. The van der Waals surface area contributed by atoms with Crippen LogP contribution in [0, 0.1) is 40.2 Å². The topological polar surface area (TPSA) is 110 Å². The highest BCUT2D eigenvalue weighted by atomic mass is 32.1. The minimum absolute atomic E-state index is 0.0738. The Labute approximate surface area is 178 Å². The molecule has 0 aliphatic heterocycles. The maximum atomic E-state index is 12.6. The monoisotopic (exact) mass is 427 g/mol. The molecule has 158 valence electrons. The van der Waals surface area contributed by atoms with Crippen molar-refractivity contribution in [2.45, 2.75) is 40.5 Å². The van der Waals surface area contributed by atoms with E-state index in [1.807, 2.05) is 0 Å². The van der Waals surface area contributed by atoms with Crippen LogP contribution in [0.1, 0.15) is 49.0 Å². The maximum Gasteiger partial charge on any atom is 0.271 e. The zero-order valence-corrected chi connectivity index (χ0v) is 18.2. The van der Waals surface area contributed by atoms with Gasteiger partial charge >= 0.3 is 0 Å². The zero-order chi connectivity index (χ0) is 21.6. The first-order valence-corrected chi connectivity index (χ1v) is 10.8. The van der Waals surface area contributed by atoms with Gasteiger partial charge < -0.3 is 5.32 Å². The van der Waals surface area contributed by atoms with E-state index in [1.54, 1.807) is 13.0 Å². The number of carbonyl (C=O) groups is 1. The molecule has 1 amide bonds. The first-order valence-electron chi connectivity index (χ1n) is 10.0. The van der Waals surface area contributed by atoms with E-state index in [1.165, 1.54) is 41.7 Å². The molecule has 0 radical (unpaired) electrons. The highest BCUT2D eigenvalue weighted by Crippen LogP contribution is 2.57. The standard InChI is InChI=1S/C21H25N5O3S/c1-11-16-8-13(21(11,3)4)9-17(16)24-25-20-22-12(2)18(30-20)19(27)23-14-6-5-7-15(10-14)26(28)29/h5-7,10-11,13,16H,8-9H2,1-4H3,(H,22,25)(H,23,27)/b24-17+/t11-,13+,16+/m1/s1. The molecule has 8 nitrogen and oxygen atoms in total. The van der Waals surface area contributed by atoms with Gasteiger partial charge in [-0.25, -0.2) is 4.98 Å². The minimum atomic E-state index is -0.494. The van der Waals surface area contributed by atoms with Gasteiger partial charge in [0.25, 0.3) is 11.6 Å². The highest BCUT2D eigenvalue weighted by molar-refractivity contribution is 7.17. The summed E-state index contributed by atoms with van der Waals surface area (Å²) in [5, 5.41) is 18.8. The SMILES string of the molecule is Cc1nc(N/N=C2\C[C@@H]3C[C@H]2[C@@H](C)C3(C)C)sc1C(=O)Nc1cccc([N+](=O)[O-])c1. The number of carbonyl (C=O) groups excluding carboxylic acids is 1. The Balaban J connectivity index is 1.44. The molecule has 3 atom stereocenters. The van der Waals surface area contributed by atoms with Crippen LogP contribution in [0.5, 0.6) is 0 Å². The first kappa shape index (κ1) is 20.5. The van der Waals surface area contributed by atoms with E-state index in [9.17, 15) is 14.9 Å². The van der Waals surface area contributed by atoms with E-state index in [4.69, 9.17) is 0 Å². The number of amides is 1. The van der Waals surface area contributed by atoms with E-state index in [0.717, 1.165) is 6.42 Å². The van der Waals surface area contributed by atoms with Crippen LogP contribution in [-0.2, 0) is 0 Å². The number of aryl methyl sites for hydroxylation is 1. The fourth-order valence-electron chi connectivity index (χ4n) is 4.67. The molecule has 0 spiro atoms. The smallest absolute Gasteiger partial charge is 0.271 e. The Morgan fingerprint density at radius 3 is 2.83 bits per heavy atom. The molecule has 1 heterocycles. The zero-order valence-electron chi connectivity index (χ0n) is 17.4. The van der Waals surface area contributed by atoms with Crippen LogP contribution in [0.25, 0.3) is 0 Å². The Morgan fingerprint density at radius 1 is 1.40 bits per heavy atom. The number of hydrogen-bond acceptors (Lipinski definition) is 7. The fraction of sp³-hybridized carbons (Fsp3) is 0.476. The van der Waals surface area contributed by atoms with Gasteiger partial charge in [-0.15, -0.1) is 0 Å². The number of thiazole rings is 1. The number of anilines is 2. The number of nitrogens with one attached hydrogen (secondary N) is 2. The number of non-ortho nitro benzene ring substituents is 1. The number of hydrazone groups is 1. The highest BCUT2D eigenvalue weighted by Gasteiger charge is 2.53. The fourth-order valence-corrected chi connectivity index (χ4v) is 5.47. The number of nitrogens with zero attached hydrogens (tertiary/aromatic N) is 3. The molecule has 1 aromatic carbocycles. The van der Waals surface area contributed by atoms with Gasteiger partial charge in [0.15, 0.2) is 0 Å². The van der Waals surface area contributed by atoms with Crippen LogP contribution in [0.2, 0.25) is 0 Å². The van der Waals surface area contributed by atoms with Gasteiger partial charge in [0, 0.05) is 29.4 Å². The second-order valence-electron chi connectivity index (χ2n) is 8.76. The van der Waals surface area contributed by atoms with Crippen molar-refractivity contribution in [1.29, 1.82) is 0 Å². The summed E-state index contributed by atoms with van der Waals surface area (Å²) in [6.07, 6.45) is 2.21. The largest absolute Gasteiger partial charge is 0.321 e. The average Bonchev–Trinajstić information content (AvgIpc) is 3.34. The molecule has 2 saturated carbocycles. The van der Waals surface area contributed by atoms with Crippen molar-refractivity contribution in [1.82, 2.24) is 4.98 Å². The van der Waals surface area contributed by atoms with Crippen molar-refractivity contribution in [3.05, 3.63) is 45.0 Å². The predicted molar refractivity (Wildman–Crippen MR) is 118 cm³/mol. The molecular formula is C21H25N5O3S. The molecule has 2 bridgehead atoms. The van der Waals surface area contributed by atoms with Gasteiger partial charge in [-0.05, 0) is 43.1 Å². The van der Waals surface area contributed by atoms with Crippen LogP contribution >= 0.6 is 11.3 Å². The Bertz CT molecular complexity index is 1040. The summed E-state index contributed by atoms with van der Waals surface area (Å²) >= 11 is 1.23.